The molecule has 2 atom stereocenters. The number of nitrogens with one attached hydrogen (secondary N) is 1. The van der Waals surface area contributed by atoms with Crippen LogP contribution in [0.15, 0.2) is 0 Å². The van der Waals surface area contributed by atoms with E-state index in [0.717, 1.165) is 32.2 Å². The summed E-state index contributed by atoms with van der Waals surface area (Å²) in [5, 5.41) is 3.01. The Bertz CT molecular complexity index is 167. The van der Waals surface area contributed by atoms with Crippen molar-refractivity contribution in [2.45, 2.75) is 46.5 Å². The lowest BCUT2D eigenvalue weighted by Gasteiger charge is -2.17. The molecule has 0 aromatic carbocycles. The first-order chi connectivity index (χ1) is 7.15. The number of hydrogen-bond donors (Lipinski definition) is 1. The van der Waals surface area contributed by atoms with Gasteiger partial charge in [-0.15, -0.1) is 11.6 Å². The molecule has 0 aliphatic heterocycles. The smallest absolute Gasteiger partial charge is 0.222 e. The van der Waals surface area contributed by atoms with E-state index in [2.05, 4.69) is 12.2 Å². The van der Waals surface area contributed by atoms with E-state index in [1.165, 1.54) is 0 Å². The highest BCUT2D eigenvalue weighted by Gasteiger charge is 2.12. The Morgan fingerprint density at radius 1 is 1.33 bits per heavy atom. The van der Waals surface area contributed by atoms with Gasteiger partial charge >= 0.3 is 0 Å². The number of alkyl halides is 1. The number of hydrogen-bond acceptors (Lipinski definition) is 1. The second kappa shape index (κ2) is 9.02. The Labute approximate surface area is 98.8 Å². The molecule has 0 fully saturated rings. The van der Waals surface area contributed by atoms with Gasteiger partial charge in [0.2, 0.25) is 5.91 Å². The normalized spacial score (nSPS) is 14.7. The highest BCUT2D eigenvalue weighted by Crippen LogP contribution is 2.11. The van der Waals surface area contributed by atoms with Crippen LogP contribution in [0.3, 0.4) is 0 Å². The summed E-state index contributed by atoms with van der Waals surface area (Å²) in [6.07, 6.45) is 4.20. The topological polar surface area (TPSA) is 29.1 Å². The minimum absolute atomic E-state index is 0.128. The minimum atomic E-state index is 0.128. The first-order valence-electron chi connectivity index (χ1n) is 5.99. The Kier molecular flexibility index (Phi) is 8.88. The fraction of sp³-hybridized carbons (Fsp3) is 0.917. The summed E-state index contributed by atoms with van der Waals surface area (Å²) < 4.78 is 0. The maximum absolute atomic E-state index is 11.5. The molecule has 0 saturated carbocycles. The lowest BCUT2D eigenvalue weighted by molar-refractivity contribution is -0.124. The van der Waals surface area contributed by atoms with Gasteiger partial charge in [0.15, 0.2) is 0 Å². The summed E-state index contributed by atoms with van der Waals surface area (Å²) in [5.41, 5.74) is 0. The van der Waals surface area contributed by atoms with Crippen molar-refractivity contribution >= 4 is 17.5 Å². The third-order valence-corrected chi connectivity index (χ3v) is 3.06. The summed E-state index contributed by atoms with van der Waals surface area (Å²) in [7, 11) is 0. The summed E-state index contributed by atoms with van der Waals surface area (Å²) in [4.78, 5) is 11.5. The summed E-state index contributed by atoms with van der Waals surface area (Å²) in [6.45, 7) is 6.94. The SMILES string of the molecule is CCCC(CCCl)CNC(=O)C(C)CC. The van der Waals surface area contributed by atoms with Crippen LogP contribution in [0.25, 0.3) is 0 Å². The van der Waals surface area contributed by atoms with Crippen LogP contribution in [0, 0.1) is 11.8 Å². The highest BCUT2D eigenvalue weighted by molar-refractivity contribution is 6.17. The van der Waals surface area contributed by atoms with Gasteiger partial charge in [-0.3, -0.25) is 4.79 Å². The third kappa shape index (κ3) is 6.77. The van der Waals surface area contributed by atoms with Crippen LogP contribution in [0.2, 0.25) is 0 Å². The van der Waals surface area contributed by atoms with Gasteiger partial charge in [-0.05, 0) is 25.2 Å². The first kappa shape index (κ1) is 14.8. The molecule has 0 aliphatic carbocycles. The maximum atomic E-state index is 11.5. The molecule has 0 aromatic heterocycles. The van der Waals surface area contributed by atoms with Gasteiger partial charge in [0.25, 0.3) is 0 Å². The molecule has 1 amide bonds. The van der Waals surface area contributed by atoms with Crippen molar-refractivity contribution in [1.29, 1.82) is 0 Å². The molecule has 3 heteroatoms. The molecule has 0 saturated heterocycles. The van der Waals surface area contributed by atoms with Crippen molar-refractivity contribution in [2.24, 2.45) is 11.8 Å². The number of amides is 1. The van der Waals surface area contributed by atoms with Crippen molar-refractivity contribution < 1.29 is 4.79 Å². The summed E-state index contributed by atoms with van der Waals surface area (Å²) in [6, 6.07) is 0. The van der Waals surface area contributed by atoms with Crippen molar-refractivity contribution in [2.75, 3.05) is 12.4 Å². The molecule has 2 unspecified atom stereocenters. The van der Waals surface area contributed by atoms with Crippen LogP contribution in [0.5, 0.6) is 0 Å². The predicted molar refractivity (Wildman–Crippen MR) is 66.2 cm³/mol. The zero-order valence-electron chi connectivity index (χ0n) is 10.2. The summed E-state index contributed by atoms with van der Waals surface area (Å²) in [5.74, 6) is 1.53. The molecule has 0 aliphatic rings. The minimum Gasteiger partial charge on any atom is -0.356 e. The summed E-state index contributed by atoms with van der Waals surface area (Å²) >= 11 is 5.72. The molecular formula is C12H24ClNO. The van der Waals surface area contributed by atoms with Crippen LogP contribution < -0.4 is 5.32 Å². The molecule has 1 N–H and O–H groups in total. The molecule has 90 valence electrons. The fourth-order valence-electron chi connectivity index (χ4n) is 1.52. The molecule has 15 heavy (non-hydrogen) atoms. The largest absolute Gasteiger partial charge is 0.356 e. The molecule has 2 nitrogen and oxygen atoms in total. The molecular weight excluding hydrogens is 210 g/mol. The average molecular weight is 234 g/mol. The second-order valence-corrected chi connectivity index (χ2v) is 4.56. The van der Waals surface area contributed by atoms with Gasteiger partial charge in [0.1, 0.15) is 0 Å². The van der Waals surface area contributed by atoms with Gasteiger partial charge in [-0.25, -0.2) is 0 Å². The van der Waals surface area contributed by atoms with Crippen LogP contribution >= 0.6 is 11.6 Å². The number of halogens is 1. The monoisotopic (exact) mass is 233 g/mol. The standard InChI is InChI=1S/C12H24ClNO/c1-4-6-11(7-8-13)9-14-12(15)10(3)5-2/h10-11H,4-9H2,1-3H3,(H,14,15). The Morgan fingerprint density at radius 2 is 2.00 bits per heavy atom. The average Bonchev–Trinajstić information content (AvgIpc) is 2.25. The van der Waals surface area contributed by atoms with E-state index in [9.17, 15) is 4.79 Å². The zero-order valence-corrected chi connectivity index (χ0v) is 10.9. The molecule has 0 aromatic rings. The van der Waals surface area contributed by atoms with E-state index in [1.807, 2.05) is 13.8 Å². The van der Waals surface area contributed by atoms with Gasteiger partial charge < -0.3 is 5.32 Å². The van der Waals surface area contributed by atoms with Crippen molar-refractivity contribution in [3.05, 3.63) is 0 Å². The van der Waals surface area contributed by atoms with Gasteiger partial charge in [-0.2, -0.15) is 0 Å². The van der Waals surface area contributed by atoms with Gasteiger partial charge in [0.05, 0.1) is 0 Å². The quantitative estimate of drug-likeness (QED) is 0.641. The van der Waals surface area contributed by atoms with E-state index in [4.69, 9.17) is 11.6 Å². The zero-order chi connectivity index (χ0) is 11.7. The molecule has 0 radical (unpaired) electrons. The number of rotatable bonds is 8. The van der Waals surface area contributed by atoms with Gasteiger partial charge in [-0.1, -0.05) is 27.2 Å². The van der Waals surface area contributed by atoms with Crippen molar-refractivity contribution in [3.8, 4) is 0 Å². The number of carbonyl (C=O) groups is 1. The second-order valence-electron chi connectivity index (χ2n) is 4.19. The van der Waals surface area contributed by atoms with Crippen molar-refractivity contribution in [1.82, 2.24) is 5.32 Å². The molecule has 0 bridgehead atoms. The predicted octanol–water partition coefficient (Wildman–Crippen LogP) is 3.19. The van der Waals surface area contributed by atoms with E-state index >= 15 is 0 Å². The third-order valence-electron chi connectivity index (χ3n) is 2.84. The van der Waals surface area contributed by atoms with Crippen LogP contribution in [-0.2, 0) is 4.79 Å². The van der Waals surface area contributed by atoms with E-state index in [0.29, 0.717) is 11.8 Å². The Morgan fingerprint density at radius 3 is 2.47 bits per heavy atom. The Hall–Kier alpha value is -0.240. The fourth-order valence-corrected chi connectivity index (χ4v) is 1.82. The molecule has 0 heterocycles. The number of carbonyl (C=O) groups excluding carboxylic acids is 1. The van der Waals surface area contributed by atoms with Crippen molar-refractivity contribution in [3.63, 3.8) is 0 Å². The molecule has 0 rings (SSSR count). The highest BCUT2D eigenvalue weighted by atomic mass is 35.5. The van der Waals surface area contributed by atoms with Crippen LogP contribution in [0.4, 0.5) is 0 Å². The van der Waals surface area contributed by atoms with Crippen LogP contribution in [0.1, 0.15) is 46.5 Å². The lowest BCUT2D eigenvalue weighted by Crippen LogP contribution is -2.33. The van der Waals surface area contributed by atoms with E-state index in [-0.39, 0.29) is 11.8 Å². The molecule has 0 spiro atoms. The lowest BCUT2D eigenvalue weighted by atomic mass is 10.00. The Balaban J connectivity index is 3.82. The van der Waals surface area contributed by atoms with E-state index < -0.39 is 0 Å². The van der Waals surface area contributed by atoms with Crippen LogP contribution in [-0.4, -0.2) is 18.3 Å². The van der Waals surface area contributed by atoms with Gasteiger partial charge in [0, 0.05) is 18.3 Å². The van der Waals surface area contributed by atoms with E-state index in [1.54, 1.807) is 0 Å². The maximum Gasteiger partial charge on any atom is 0.222 e. The first-order valence-corrected chi connectivity index (χ1v) is 6.52.